The van der Waals surface area contributed by atoms with Gasteiger partial charge in [-0.05, 0) is 44.7 Å². The van der Waals surface area contributed by atoms with Crippen LogP contribution in [-0.2, 0) is 18.2 Å². The number of aromatic hydroxyl groups is 1. The number of hydrazine groups is 1. The number of rotatable bonds is 3. The number of nitrogens with two attached hydrogens (primary N) is 1. The third kappa shape index (κ3) is 4.73. The lowest BCUT2D eigenvalue weighted by atomic mass is 9.88. The van der Waals surface area contributed by atoms with Gasteiger partial charge in [-0.3, -0.25) is 5.84 Å². The highest BCUT2D eigenvalue weighted by Gasteiger charge is 2.31. The van der Waals surface area contributed by atoms with Crippen LogP contribution in [0.2, 0.25) is 0 Å². The van der Waals surface area contributed by atoms with Crippen molar-refractivity contribution in [2.45, 2.75) is 57.7 Å². The first kappa shape index (κ1) is 20.4. The normalized spacial score (nSPS) is 17.1. The number of piperazine rings is 1. The summed E-state index contributed by atoms with van der Waals surface area (Å²) in [4.78, 5) is 5.96. The van der Waals surface area contributed by atoms with E-state index in [-0.39, 0.29) is 10.2 Å². The van der Waals surface area contributed by atoms with Gasteiger partial charge in [0.05, 0.1) is 5.52 Å². The minimum absolute atomic E-state index is 0.168. The van der Waals surface area contributed by atoms with E-state index in [2.05, 4.69) is 57.5 Å². The van der Waals surface area contributed by atoms with E-state index in [0.717, 1.165) is 43.8 Å². The predicted molar refractivity (Wildman–Crippen MR) is 118 cm³/mol. The van der Waals surface area contributed by atoms with Gasteiger partial charge in [0.2, 0.25) is 5.03 Å². The number of nitrogens with zero attached hydrogens (tertiary/aromatic N) is 2. The highest BCUT2D eigenvalue weighted by atomic mass is 32.2. The maximum absolute atomic E-state index is 10.7. The van der Waals surface area contributed by atoms with E-state index in [1.165, 1.54) is 27.7 Å². The Morgan fingerprint density at radius 3 is 2.26 bits per heavy atom. The Bertz CT molecular complexity index is 808. The zero-order valence-corrected chi connectivity index (χ0v) is 18.5. The number of anilines is 1. The minimum atomic E-state index is 0.168. The standard InChI is InChI=1S/C21H34N4OS/c1-20(2,3)13-15-14-7-8-16(26)18(24-9-11-25(22)12-10-24)17(14)23-19(15)27-21(4,5)6/h7-8,23,26H,9-13,22H2,1-6H3/p+1. The molecule has 0 atom stereocenters. The van der Waals surface area contributed by atoms with Crippen LogP contribution in [0.25, 0.3) is 10.9 Å². The number of thiol groups is 1. The molecule has 2 heterocycles. The van der Waals surface area contributed by atoms with Crippen LogP contribution >= 0.6 is 0 Å². The number of aromatic nitrogens is 1. The predicted octanol–water partition coefficient (Wildman–Crippen LogP) is 3.43. The summed E-state index contributed by atoms with van der Waals surface area (Å²) < 4.78 is 0.168. The lowest BCUT2D eigenvalue weighted by Gasteiger charge is -2.34. The first-order valence-electron chi connectivity index (χ1n) is 9.79. The van der Waals surface area contributed by atoms with Crippen molar-refractivity contribution in [3.8, 4) is 5.75 Å². The highest BCUT2D eigenvalue weighted by Crippen LogP contribution is 2.41. The molecule has 1 aromatic heterocycles. The van der Waals surface area contributed by atoms with Gasteiger partial charge in [0.15, 0.2) is 0 Å². The molecule has 4 N–H and O–H groups in total. The molecule has 0 unspecified atom stereocenters. The Labute approximate surface area is 167 Å². The van der Waals surface area contributed by atoms with Gasteiger partial charge in [-0.1, -0.05) is 20.8 Å². The second-order valence-corrected chi connectivity index (χ2v) is 11.9. The van der Waals surface area contributed by atoms with Crippen molar-refractivity contribution in [1.29, 1.82) is 0 Å². The van der Waals surface area contributed by atoms with E-state index >= 15 is 0 Å². The molecule has 3 rings (SSSR count). The van der Waals surface area contributed by atoms with Crippen molar-refractivity contribution in [3.05, 3.63) is 17.7 Å². The number of H-pyrrole nitrogens is 1. The van der Waals surface area contributed by atoms with Gasteiger partial charge in [0, 0.05) is 48.9 Å². The van der Waals surface area contributed by atoms with Crippen LogP contribution in [0.15, 0.2) is 17.2 Å². The third-order valence-corrected chi connectivity index (χ3v) is 6.07. The van der Waals surface area contributed by atoms with Gasteiger partial charge in [-0.15, -0.1) is 0 Å². The van der Waals surface area contributed by atoms with Gasteiger partial charge in [-0.2, -0.15) is 0 Å². The van der Waals surface area contributed by atoms with E-state index in [4.69, 9.17) is 5.84 Å². The fraction of sp³-hybridized carbons (Fsp3) is 0.619. The largest absolute Gasteiger partial charge is 0.506 e. The molecule has 2 aromatic rings. The second kappa shape index (κ2) is 7.22. The molecule has 6 heteroatoms. The van der Waals surface area contributed by atoms with Gasteiger partial charge >= 0.3 is 0 Å². The molecule has 1 aliphatic rings. The number of phenols is 1. The first-order valence-corrected chi connectivity index (χ1v) is 10.7. The molecule has 1 aliphatic heterocycles. The fourth-order valence-corrected chi connectivity index (χ4v) is 4.86. The molecule has 0 spiro atoms. The lowest BCUT2D eigenvalue weighted by Crippen LogP contribution is -2.49. The quantitative estimate of drug-likeness (QED) is 0.426. The molecule has 150 valence electrons. The summed E-state index contributed by atoms with van der Waals surface area (Å²) in [7, 11) is 0. The van der Waals surface area contributed by atoms with E-state index < -0.39 is 0 Å². The summed E-state index contributed by atoms with van der Waals surface area (Å²) in [6.07, 6.45) is 1.01. The molecule has 0 radical (unpaired) electrons. The lowest BCUT2D eigenvalue weighted by molar-refractivity contribution is 0.265. The number of hydrogen-bond donors (Lipinski definition) is 3. The first-order chi connectivity index (χ1) is 12.4. The number of nitrogens with one attached hydrogen (secondary N) is 1. The van der Waals surface area contributed by atoms with Gasteiger partial charge in [0.25, 0.3) is 0 Å². The van der Waals surface area contributed by atoms with Crippen LogP contribution in [0.5, 0.6) is 5.75 Å². The van der Waals surface area contributed by atoms with Crippen LogP contribution in [0.4, 0.5) is 5.69 Å². The molecule has 0 aliphatic carbocycles. The summed E-state index contributed by atoms with van der Waals surface area (Å²) in [5, 5.41) is 15.0. The van der Waals surface area contributed by atoms with E-state index in [0.29, 0.717) is 5.75 Å². The fourth-order valence-electron chi connectivity index (χ4n) is 3.69. The Balaban J connectivity index is 2.14. The van der Waals surface area contributed by atoms with Crippen molar-refractivity contribution >= 4 is 28.4 Å². The molecule has 0 bridgehead atoms. The smallest absolute Gasteiger partial charge is 0.227 e. The van der Waals surface area contributed by atoms with Crippen LogP contribution < -0.4 is 10.7 Å². The summed E-state index contributed by atoms with van der Waals surface area (Å²) in [5.74, 6) is 6.27. The molecule has 5 nitrogen and oxygen atoms in total. The number of fused-ring (bicyclic) bond motifs is 1. The molecule has 27 heavy (non-hydrogen) atoms. The van der Waals surface area contributed by atoms with Crippen LogP contribution in [0.3, 0.4) is 0 Å². The Morgan fingerprint density at radius 2 is 1.70 bits per heavy atom. The van der Waals surface area contributed by atoms with Crippen molar-refractivity contribution < 1.29 is 5.11 Å². The van der Waals surface area contributed by atoms with Gasteiger partial charge in [0.1, 0.15) is 16.2 Å². The summed E-state index contributed by atoms with van der Waals surface area (Å²) in [6, 6.07) is 3.93. The van der Waals surface area contributed by atoms with Crippen LogP contribution in [0.1, 0.15) is 47.1 Å². The summed E-state index contributed by atoms with van der Waals surface area (Å²) in [6.45, 7) is 16.9. The van der Waals surface area contributed by atoms with Crippen molar-refractivity contribution in [2.24, 2.45) is 11.3 Å². The van der Waals surface area contributed by atoms with E-state index in [1.807, 2.05) is 11.1 Å². The molecular formula is C21H35N4OS+. The summed E-state index contributed by atoms with van der Waals surface area (Å²) in [5.41, 5.74) is 3.56. The van der Waals surface area contributed by atoms with E-state index in [9.17, 15) is 5.11 Å². The molecule has 1 saturated heterocycles. The maximum atomic E-state index is 10.7. The molecule has 1 aromatic carbocycles. The van der Waals surface area contributed by atoms with Crippen molar-refractivity contribution in [3.63, 3.8) is 0 Å². The number of aromatic amines is 1. The number of benzene rings is 1. The second-order valence-electron chi connectivity index (χ2n) is 9.85. The van der Waals surface area contributed by atoms with Crippen molar-refractivity contribution in [2.75, 3.05) is 31.1 Å². The third-order valence-electron chi connectivity index (χ3n) is 4.80. The molecule has 1 fully saturated rings. The van der Waals surface area contributed by atoms with Crippen LogP contribution in [0, 0.1) is 5.41 Å². The molecule has 0 amide bonds. The number of hydrogen-bond acceptors (Lipinski definition) is 4. The van der Waals surface area contributed by atoms with E-state index in [1.54, 1.807) is 0 Å². The molecule has 0 saturated carbocycles. The summed E-state index contributed by atoms with van der Waals surface area (Å²) >= 11 is 1.28. The average Bonchev–Trinajstić information content (AvgIpc) is 2.82. The van der Waals surface area contributed by atoms with Crippen molar-refractivity contribution in [1.82, 2.24) is 9.99 Å². The Morgan fingerprint density at radius 1 is 1.07 bits per heavy atom. The topological polar surface area (TPSA) is 68.5 Å². The SMILES string of the molecule is CC(C)(C)Cc1c([SH+]C(C)(C)C)[nH]c2c(N3CCN(N)CC3)c(O)ccc12. The zero-order chi connectivity index (χ0) is 20.0. The monoisotopic (exact) mass is 391 g/mol. The highest BCUT2D eigenvalue weighted by molar-refractivity contribution is 7.80. The van der Waals surface area contributed by atoms with Crippen LogP contribution in [-0.4, -0.2) is 46.0 Å². The Hall–Kier alpha value is -1.37. The maximum Gasteiger partial charge on any atom is 0.227 e. The minimum Gasteiger partial charge on any atom is -0.506 e. The average molecular weight is 392 g/mol. The van der Waals surface area contributed by atoms with Gasteiger partial charge in [-0.25, -0.2) is 5.01 Å². The zero-order valence-electron chi connectivity index (χ0n) is 17.6. The van der Waals surface area contributed by atoms with Gasteiger partial charge < -0.3 is 15.0 Å². The Kier molecular flexibility index (Phi) is 5.45. The molecular weight excluding hydrogens is 356 g/mol. The number of phenolic OH excluding ortho intramolecular Hbond substituents is 1.